The largest absolute Gasteiger partial charge is 0.481 e. The molecule has 70 valence electrons. The van der Waals surface area contributed by atoms with Crippen molar-refractivity contribution in [2.45, 2.75) is 19.8 Å². The van der Waals surface area contributed by atoms with Gasteiger partial charge < -0.3 is 5.11 Å². The molecular formula is C10H11FO2. The van der Waals surface area contributed by atoms with Crippen molar-refractivity contribution in [3.63, 3.8) is 0 Å². The fraction of sp³-hybridized carbons (Fsp3) is 0.300. The zero-order valence-corrected chi connectivity index (χ0v) is 7.38. The zero-order valence-electron chi connectivity index (χ0n) is 7.38. The molecule has 1 aromatic carbocycles. The van der Waals surface area contributed by atoms with Crippen LogP contribution in [0.15, 0.2) is 18.2 Å². The number of carboxylic acids is 1. The topological polar surface area (TPSA) is 37.3 Å². The van der Waals surface area contributed by atoms with Gasteiger partial charge in [0.25, 0.3) is 0 Å². The van der Waals surface area contributed by atoms with Crippen molar-refractivity contribution >= 4 is 5.97 Å². The summed E-state index contributed by atoms with van der Waals surface area (Å²) in [6.07, 6.45) is 0.615. The summed E-state index contributed by atoms with van der Waals surface area (Å²) in [5, 5.41) is 8.56. The molecule has 0 heterocycles. The number of benzene rings is 1. The Morgan fingerprint density at radius 2 is 2.15 bits per heavy atom. The summed E-state index contributed by atoms with van der Waals surface area (Å²) in [5.74, 6) is -1.20. The maximum absolute atomic E-state index is 12.7. The smallest absolute Gasteiger partial charge is 0.307 e. The number of halogens is 1. The van der Waals surface area contributed by atoms with Crippen LogP contribution < -0.4 is 0 Å². The second kappa shape index (κ2) is 4.03. The molecule has 0 saturated heterocycles. The van der Waals surface area contributed by atoms with Crippen LogP contribution in [0.5, 0.6) is 0 Å². The molecule has 0 aliphatic rings. The van der Waals surface area contributed by atoms with Crippen molar-refractivity contribution in [3.8, 4) is 0 Å². The Kier molecular flexibility index (Phi) is 3.01. The van der Waals surface area contributed by atoms with E-state index in [-0.39, 0.29) is 12.2 Å². The van der Waals surface area contributed by atoms with Crippen LogP contribution in [0.1, 0.15) is 18.1 Å². The number of rotatable bonds is 3. The second-order valence-corrected chi connectivity index (χ2v) is 2.84. The van der Waals surface area contributed by atoms with E-state index in [4.69, 9.17) is 5.11 Å². The van der Waals surface area contributed by atoms with Gasteiger partial charge in [-0.3, -0.25) is 4.79 Å². The van der Waals surface area contributed by atoms with E-state index in [1.165, 1.54) is 18.2 Å². The van der Waals surface area contributed by atoms with E-state index in [0.29, 0.717) is 12.0 Å². The summed E-state index contributed by atoms with van der Waals surface area (Å²) in [6.45, 7) is 1.88. The van der Waals surface area contributed by atoms with Crippen molar-refractivity contribution in [3.05, 3.63) is 35.1 Å². The lowest BCUT2D eigenvalue weighted by Gasteiger charge is -2.04. The molecule has 0 aromatic heterocycles. The van der Waals surface area contributed by atoms with Crippen molar-refractivity contribution < 1.29 is 14.3 Å². The van der Waals surface area contributed by atoms with Gasteiger partial charge in [-0.1, -0.05) is 13.0 Å². The summed E-state index contributed by atoms with van der Waals surface area (Å²) in [6, 6.07) is 4.21. The second-order valence-electron chi connectivity index (χ2n) is 2.84. The highest BCUT2D eigenvalue weighted by molar-refractivity contribution is 5.70. The van der Waals surface area contributed by atoms with Gasteiger partial charge in [0.15, 0.2) is 0 Å². The van der Waals surface area contributed by atoms with Crippen molar-refractivity contribution in [2.24, 2.45) is 0 Å². The molecule has 0 radical (unpaired) electrons. The quantitative estimate of drug-likeness (QED) is 0.776. The Labute approximate surface area is 76.0 Å². The van der Waals surface area contributed by atoms with Gasteiger partial charge in [-0.05, 0) is 29.7 Å². The van der Waals surface area contributed by atoms with Crippen LogP contribution in [0.3, 0.4) is 0 Å². The van der Waals surface area contributed by atoms with E-state index in [1.807, 2.05) is 6.92 Å². The first-order valence-electron chi connectivity index (χ1n) is 4.12. The van der Waals surface area contributed by atoms with Crippen LogP contribution in [0, 0.1) is 5.82 Å². The van der Waals surface area contributed by atoms with Gasteiger partial charge >= 0.3 is 5.97 Å². The fourth-order valence-electron chi connectivity index (χ4n) is 1.26. The van der Waals surface area contributed by atoms with Gasteiger partial charge in [-0.25, -0.2) is 4.39 Å². The van der Waals surface area contributed by atoms with Gasteiger partial charge in [0.1, 0.15) is 5.82 Å². The Morgan fingerprint density at radius 3 is 2.69 bits per heavy atom. The van der Waals surface area contributed by atoms with Crippen molar-refractivity contribution in [1.82, 2.24) is 0 Å². The highest BCUT2D eigenvalue weighted by Gasteiger charge is 2.06. The zero-order chi connectivity index (χ0) is 9.84. The average molecular weight is 182 g/mol. The standard InChI is InChI=1S/C10H11FO2/c1-2-7-5-9(11)4-3-8(7)6-10(12)13/h3-5H,2,6H2,1H3,(H,12,13). The van der Waals surface area contributed by atoms with Crippen LogP contribution in [-0.2, 0) is 17.6 Å². The van der Waals surface area contributed by atoms with Gasteiger partial charge in [0.2, 0.25) is 0 Å². The first-order chi connectivity index (χ1) is 6.13. The molecular weight excluding hydrogens is 171 g/mol. The molecule has 0 bridgehead atoms. The number of hydrogen-bond donors (Lipinski definition) is 1. The van der Waals surface area contributed by atoms with Crippen LogP contribution in [0.2, 0.25) is 0 Å². The predicted molar refractivity (Wildman–Crippen MR) is 47.1 cm³/mol. The van der Waals surface area contributed by atoms with E-state index in [2.05, 4.69) is 0 Å². The summed E-state index contributed by atoms with van der Waals surface area (Å²) in [5.41, 5.74) is 1.46. The molecule has 0 aliphatic carbocycles. The third-order valence-electron chi connectivity index (χ3n) is 1.89. The molecule has 2 nitrogen and oxygen atoms in total. The number of hydrogen-bond acceptors (Lipinski definition) is 1. The fourth-order valence-corrected chi connectivity index (χ4v) is 1.26. The Morgan fingerprint density at radius 1 is 1.46 bits per heavy atom. The third kappa shape index (κ3) is 2.54. The SMILES string of the molecule is CCc1cc(F)ccc1CC(=O)O. The average Bonchev–Trinajstić information content (AvgIpc) is 2.07. The first-order valence-corrected chi connectivity index (χ1v) is 4.12. The Balaban J connectivity index is 2.99. The monoisotopic (exact) mass is 182 g/mol. The third-order valence-corrected chi connectivity index (χ3v) is 1.89. The van der Waals surface area contributed by atoms with E-state index in [0.717, 1.165) is 5.56 Å². The maximum Gasteiger partial charge on any atom is 0.307 e. The number of carboxylic acid groups (broad SMARTS) is 1. The lowest BCUT2D eigenvalue weighted by molar-refractivity contribution is -0.136. The van der Waals surface area contributed by atoms with Crippen molar-refractivity contribution in [1.29, 1.82) is 0 Å². The van der Waals surface area contributed by atoms with E-state index in [1.54, 1.807) is 0 Å². The number of aliphatic carboxylic acids is 1. The highest BCUT2D eigenvalue weighted by Crippen LogP contribution is 2.12. The van der Waals surface area contributed by atoms with Gasteiger partial charge in [0, 0.05) is 0 Å². The molecule has 0 atom stereocenters. The summed E-state index contributed by atoms with van der Waals surface area (Å²) >= 11 is 0. The molecule has 0 unspecified atom stereocenters. The van der Waals surface area contributed by atoms with Crippen LogP contribution >= 0.6 is 0 Å². The molecule has 0 aliphatic heterocycles. The van der Waals surface area contributed by atoms with E-state index in [9.17, 15) is 9.18 Å². The van der Waals surface area contributed by atoms with Gasteiger partial charge in [0.05, 0.1) is 6.42 Å². The molecule has 0 spiro atoms. The molecule has 1 N–H and O–H groups in total. The summed E-state index contributed by atoms with van der Waals surface area (Å²) < 4.78 is 12.7. The van der Waals surface area contributed by atoms with Crippen LogP contribution in [-0.4, -0.2) is 11.1 Å². The minimum Gasteiger partial charge on any atom is -0.481 e. The van der Waals surface area contributed by atoms with Gasteiger partial charge in [-0.2, -0.15) is 0 Å². The molecule has 1 aromatic rings. The molecule has 0 saturated carbocycles. The first kappa shape index (κ1) is 9.71. The molecule has 13 heavy (non-hydrogen) atoms. The van der Waals surface area contributed by atoms with Crippen LogP contribution in [0.4, 0.5) is 4.39 Å². The predicted octanol–water partition coefficient (Wildman–Crippen LogP) is 2.02. The summed E-state index contributed by atoms with van der Waals surface area (Å²) in [4.78, 5) is 10.4. The minimum atomic E-state index is -0.888. The van der Waals surface area contributed by atoms with Gasteiger partial charge in [-0.15, -0.1) is 0 Å². The Bertz CT molecular complexity index is 321. The summed E-state index contributed by atoms with van der Waals surface area (Å²) in [7, 11) is 0. The molecule has 0 amide bonds. The van der Waals surface area contributed by atoms with Crippen molar-refractivity contribution in [2.75, 3.05) is 0 Å². The number of aryl methyl sites for hydroxylation is 1. The Hall–Kier alpha value is -1.38. The van der Waals surface area contributed by atoms with Crippen LogP contribution in [0.25, 0.3) is 0 Å². The normalized spacial score (nSPS) is 10.0. The lowest BCUT2D eigenvalue weighted by atomic mass is 10.0. The maximum atomic E-state index is 12.7. The minimum absolute atomic E-state index is 0.0382. The highest BCUT2D eigenvalue weighted by atomic mass is 19.1. The molecule has 3 heteroatoms. The number of carbonyl (C=O) groups is 1. The van der Waals surface area contributed by atoms with E-state index < -0.39 is 5.97 Å². The van der Waals surface area contributed by atoms with E-state index >= 15 is 0 Å². The molecule has 0 fully saturated rings. The molecule has 1 rings (SSSR count). The lowest BCUT2D eigenvalue weighted by Crippen LogP contribution is -2.03.